The fraction of sp³-hybridized carbons (Fsp3) is 0.500. The van der Waals surface area contributed by atoms with E-state index in [2.05, 4.69) is 0 Å². The van der Waals surface area contributed by atoms with Gasteiger partial charge in [0.2, 0.25) is 10.0 Å². The SMILES string of the molecule is CC1CCCC(C)N1S(=O)(=O)c1ccc(C(N)=S)cc1. The molecule has 0 saturated carbocycles. The minimum absolute atomic E-state index is 0.0408. The van der Waals surface area contributed by atoms with Crippen LogP contribution in [-0.4, -0.2) is 29.8 Å². The monoisotopic (exact) mass is 312 g/mol. The highest BCUT2D eigenvalue weighted by atomic mass is 32.2. The Hall–Kier alpha value is -0.980. The Morgan fingerprint density at radius 1 is 1.20 bits per heavy atom. The van der Waals surface area contributed by atoms with Crippen molar-refractivity contribution in [2.75, 3.05) is 0 Å². The highest BCUT2D eigenvalue weighted by Crippen LogP contribution is 2.29. The second kappa shape index (κ2) is 5.79. The van der Waals surface area contributed by atoms with Crippen LogP contribution in [0.3, 0.4) is 0 Å². The summed E-state index contributed by atoms with van der Waals surface area (Å²) in [5, 5.41) is 0. The van der Waals surface area contributed by atoms with Crippen LogP contribution in [0.5, 0.6) is 0 Å². The van der Waals surface area contributed by atoms with Crippen LogP contribution in [0, 0.1) is 0 Å². The molecule has 1 heterocycles. The third-order valence-electron chi connectivity index (χ3n) is 3.83. The van der Waals surface area contributed by atoms with Crippen LogP contribution in [0.25, 0.3) is 0 Å². The Balaban J connectivity index is 2.36. The van der Waals surface area contributed by atoms with Crippen LogP contribution < -0.4 is 5.73 Å². The van der Waals surface area contributed by atoms with E-state index in [4.69, 9.17) is 18.0 Å². The van der Waals surface area contributed by atoms with Crippen LogP contribution >= 0.6 is 12.2 Å². The highest BCUT2D eigenvalue weighted by molar-refractivity contribution is 7.89. The van der Waals surface area contributed by atoms with Crippen molar-refractivity contribution in [3.05, 3.63) is 29.8 Å². The Morgan fingerprint density at radius 2 is 1.70 bits per heavy atom. The summed E-state index contributed by atoms with van der Waals surface area (Å²) in [6.07, 6.45) is 2.90. The van der Waals surface area contributed by atoms with Crippen molar-refractivity contribution >= 4 is 27.2 Å². The number of hydrogen-bond acceptors (Lipinski definition) is 3. The van der Waals surface area contributed by atoms with E-state index in [1.807, 2.05) is 13.8 Å². The molecular formula is C14H20N2O2S2. The van der Waals surface area contributed by atoms with Crippen molar-refractivity contribution in [1.82, 2.24) is 4.31 Å². The average molecular weight is 312 g/mol. The van der Waals surface area contributed by atoms with Gasteiger partial charge in [0.05, 0.1) is 4.90 Å². The van der Waals surface area contributed by atoms with Crippen LogP contribution in [0.1, 0.15) is 38.7 Å². The number of nitrogens with zero attached hydrogens (tertiary/aromatic N) is 1. The first-order chi connectivity index (χ1) is 9.34. The maximum Gasteiger partial charge on any atom is 0.243 e. The van der Waals surface area contributed by atoms with Gasteiger partial charge in [0.15, 0.2) is 0 Å². The van der Waals surface area contributed by atoms with Crippen molar-refractivity contribution in [2.24, 2.45) is 5.73 Å². The summed E-state index contributed by atoms with van der Waals surface area (Å²) in [6, 6.07) is 6.57. The molecule has 1 aromatic rings. The van der Waals surface area contributed by atoms with Gasteiger partial charge in [0.25, 0.3) is 0 Å². The summed E-state index contributed by atoms with van der Waals surface area (Å²) in [5.41, 5.74) is 6.21. The molecule has 2 rings (SSSR count). The van der Waals surface area contributed by atoms with Gasteiger partial charge in [-0.05, 0) is 38.8 Å². The molecular weight excluding hydrogens is 292 g/mol. The molecule has 0 aliphatic carbocycles. The predicted molar refractivity (Wildman–Crippen MR) is 84.1 cm³/mol. The second-order valence-electron chi connectivity index (χ2n) is 5.35. The van der Waals surface area contributed by atoms with E-state index in [-0.39, 0.29) is 17.1 Å². The van der Waals surface area contributed by atoms with Crippen molar-refractivity contribution < 1.29 is 8.42 Å². The molecule has 0 spiro atoms. The number of hydrogen-bond donors (Lipinski definition) is 1. The van der Waals surface area contributed by atoms with Gasteiger partial charge in [-0.3, -0.25) is 0 Å². The molecule has 110 valence electrons. The Labute approximate surface area is 126 Å². The van der Waals surface area contributed by atoms with E-state index in [1.165, 1.54) is 0 Å². The third-order valence-corrected chi connectivity index (χ3v) is 6.21. The molecule has 4 nitrogen and oxygen atoms in total. The van der Waals surface area contributed by atoms with E-state index in [0.29, 0.717) is 10.5 Å². The van der Waals surface area contributed by atoms with E-state index in [1.54, 1.807) is 28.6 Å². The van der Waals surface area contributed by atoms with Gasteiger partial charge in [-0.2, -0.15) is 4.31 Å². The predicted octanol–water partition coefficient (Wildman–Crippen LogP) is 2.27. The number of thiocarbonyl (C=S) groups is 1. The number of nitrogens with two attached hydrogens (primary N) is 1. The molecule has 1 aliphatic heterocycles. The summed E-state index contributed by atoms with van der Waals surface area (Å²) >= 11 is 4.88. The number of piperidine rings is 1. The average Bonchev–Trinajstić information content (AvgIpc) is 2.38. The molecule has 2 N–H and O–H groups in total. The number of rotatable bonds is 3. The van der Waals surface area contributed by atoms with Crippen molar-refractivity contribution in [3.8, 4) is 0 Å². The molecule has 0 amide bonds. The smallest absolute Gasteiger partial charge is 0.243 e. The molecule has 2 atom stereocenters. The van der Waals surface area contributed by atoms with E-state index in [9.17, 15) is 8.42 Å². The lowest BCUT2D eigenvalue weighted by Gasteiger charge is -2.37. The zero-order valence-corrected chi connectivity index (χ0v) is 13.4. The molecule has 2 unspecified atom stereocenters. The first-order valence-electron chi connectivity index (χ1n) is 6.77. The molecule has 6 heteroatoms. The number of benzene rings is 1. The van der Waals surface area contributed by atoms with Crippen LogP contribution in [0.2, 0.25) is 0 Å². The quantitative estimate of drug-likeness (QED) is 0.870. The molecule has 1 saturated heterocycles. The van der Waals surface area contributed by atoms with Gasteiger partial charge < -0.3 is 5.73 Å². The van der Waals surface area contributed by atoms with Gasteiger partial charge >= 0.3 is 0 Å². The fourth-order valence-corrected chi connectivity index (χ4v) is 4.80. The largest absolute Gasteiger partial charge is 0.389 e. The zero-order valence-electron chi connectivity index (χ0n) is 11.7. The molecule has 1 aromatic carbocycles. The van der Waals surface area contributed by atoms with Crippen LogP contribution in [-0.2, 0) is 10.0 Å². The Kier molecular flexibility index (Phi) is 4.46. The van der Waals surface area contributed by atoms with Crippen LogP contribution in [0.4, 0.5) is 0 Å². The number of sulfonamides is 1. The molecule has 0 radical (unpaired) electrons. The van der Waals surface area contributed by atoms with E-state index in [0.717, 1.165) is 19.3 Å². The topological polar surface area (TPSA) is 63.4 Å². The lowest BCUT2D eigenvalue weighted by Crippen LogP contribution is -2.47. The summed E-state index contributed by atoms with van der Waals surface area (Å²) in [6.45, 7) is 3.94. The molecule has 0 aromatic heterocycles. The summed E-state index contributed by atoms with van der Waals surface area (Å²) < 4.78 is 27.1. The van der Waals surface area contributed by atoms with E-state index >= 15 is 0 Å². The molecule has 20 heavy (non-hydrogen) atoms. The summed E-state index contributed by atoms with van der Waals surface area (Å²) in [7, 11) is -3.45. The molecule has 1 aliphatic rings. The maximum absolute atomic E-state index is 12.8. The lowest BCUT2D eigenvalue weighted by molar-refractivity contribution is 0.204. The van der Waals surface area contributed by atoms with Crippen LogP contribution in [0.15, 0.2) is 29.2 Å². The minimum Gasteiger partial charge on any atom is -0.389 e. The minimum atomic E-state index is -3.45. The molecule has 1 fully saturated rings. The third kappa shape index (κ3) is 2.87. The summed E-state index contributed by atoms with van der Waals surface area (Å²) in [4.78, 5) is 0.576. The normalized spacial score (nSPS) is 24.5. The van der Waals surface area contributed by atoms with Gasteiger partial charge in [0.1, 0.15) is 4.99 Å². The summed E-state index contributed by atoms with van der Waals surface area (Å²) in [5.74, 6) is 0. The fourth-order valence-electron chi connectivity index (χ4n) is 2.78. The Morgan fingerprint density at radius 3 is 2.15 bits per heavy atom. The van der Waals surface area contributed by atoms with Crippen molar-refractivity contribution in [2.45, 2.75) is 50.1 Å². The maximum atomic E-state index is 12.8. The lowest BCUT2D eigenvalue weighted by atomic mass is 10.0. The van der Waals surface area contributed by atoms with Gasteiger partial charge in [-0.1, -0.05) is 30.8 Å². The van der Waals surface area contributed by atoms with Crippen molar-refractivity contribution in [3.63, 3.8) is 0 Å². The van der Waals surface area contributed by atoms with Gasteiger partial charge in [0, 0.05) is 17.6 Å². The second-order valence-corrected chi connectivity index (χ2v) is 7.64. The van der Waals surface area contributed by atoms with E-state index < -0.39 is 10.0 Å². The van der Waals surface area contributed by atoms with Gasteiger partial charge in [-0.15, -0.1) is 0 Å². The first-order valence-corrected chi connectivity index (χ1v) is 8.62. The Bertz CT molecular complexity index is 586. The standard InChI is InChI=1S/C14H20N2O2S2/c1-10-4-3-5-11(2)16(10)20(17,18)13-8-6-12(7-9-13)14(15)19/h6-11H,3-5H2,1-2H3,(H2,15,19). The highest BCUT2D eigenvalue weighted by Gasteiger charge is 2.35. The molecule has 0 bridgehead atoms. The van der Waals surface area contributed by atoms with Crippen molar-refractivity contribution in [1.29, 1.82) is 0 Å². The first kappa shape index (κ1) is 15.4. The van der Waals surface area contributed by atoms with Gasteiger partial charge in [-0.25, -0.2) is 8.42 Å². The zero-order chi connectivity index (χ0) is 14.9.